The van der Waals surface area contributed by atoms with E-state index in [2.05, 4.69) is 5.32 Å². The maximum absolute atomic E-state index is 13.0. The van der Waals surface area contributed by atoms with Crippen LogP contribution in [0.25, 0.3) is 11.1 Å². The van der Waals surface area contributed by atoms with Gasteiger partial charge in [0, 0.05) is 6.07 Å². The molecule has 0 spiro atoms. The van der Waals surface area contributed by atoms with E-state index in [1.807, 2.05) is 54.6 Å². The van der Waals surface area contributed by atoms with Gasteiger partial charge < -0.3 is 19.5 Å². The third-order valence-electron chi connectivity index (χ3n) is 5.10. The van der Waals surface area contributed by atoms with Gasteiger partial charge in [-0.2, -0.15) is 0 Å². The Labute approximate surface area is 185 Å². The Morgan fingerprint density at radius 2 is 1.50 bits per heavy atom. The van der Waals surface area contributed by atoms with E-state index in [1.54, 1.807) is 6.92 Å². The summed E-state index contributed by atoms with van der Waals surface area (Å²) in [5.41, 5.74) is 2.32. The number of rotatable bonds is 8. The Balaban J connectivity index is 1.90. The third kappa shape index (κ3) is 4.49. The highest BCUT2D eigenvalue weighted by atomic mass is 16.6. The van der Waals surface area contributed by atoms with Gasteiger partial charge in [0.05, 0.1) is 32.3 Å². The fraction of sp³-hybridized carbons (Fsp3) is 0.208. The average molecular weight is 436 g/mol. The van der Waals surface area contributed by atoms with Crippen LogP contribution in [0.2, 0.25) is 0 Å². The van der Waals surface area contributed by atoms with Crippen molar-refractivity contribution in [3.63, 3.8) is 0 Å². The number of nitro benzene ring substituents is 1. The average Bonchev–Trinajstić information content (AvgIpc) is 2.82. The van der Waals surface area contributed by atoms with Crippen LogP contribution in [0.15, 0.2) is 60.7 Å². The lowest BCUT2D eigenvalue weighted by Gasteiger charge is -2.17. The standard InChI is InChI=1S/C24H24N2O6/c1-15(16-10-12-18(13-11-16)17-8-6-5-7-9-17)25-24(27)19-14-20(30-2)22(31-3)23(32-4)21(19)26(28)29/h5-15H,1-4H3,(H,25,27). The Hall–Kier alpha value is -4.07. The molecule has 166 valence electrons. The molecule has 0 aromatic heterocycles. The normalized spacial score (nSPS) is 11.4. The van der Waals surface area contributed by atoms with Gasteiger partial charge in [-0.25, -0.2) is 0 Å². The predicted molar refractivity (Wildman–Crippen MR) is 121 cm³/mol. The lowest BCUT2D eigenvalue weighted by molar-refractivity contribution is -0.386. The van der Waals surface area contributed by atoms with Crippen molar-refractivity contribution in [2.24, 2.45) is 0 Å². The van der Waals surface area contributed by atoms with Gasteiger partial charge in [-0.1, -0.05) is 54.6 Å². The second-order valence-corrected chi connectivity index (χ2v) is 6.98. The second kappa shape index (κ2) is 9.82. The van der Waals surface area contributed by atoms with Crippen molar-refractivity contribution in [2.45, 2.75) is 13.0 Å². The molecule has 0 saturated carbocycles. The van der Waals surface area contributed by atoms with Gasteiger partial charge in [0.15, 0.2) is 5.75 Å². The number of nitro groups is 1. The number of hydrogen-bond donors (Lipinski definition) is 1. The molecule has 8 nitrogen and oxygen atoms in total. The topological polar surface area (TPSA) is 99.9 Å². The van der Waals surface area contributed by atoms with Crippen LogP contribution in [-0.2, 0) is 0 Å². The number of nitrogens with zero attached hydrogens (tertiary/aromatic N) is 1. The van der Waals surface area contributed by atoms with Gasteiger partial charge in [0.1, 0.15) is 5.56 Å². The summed E-state index contributed by atoms with van der Waals surface area (Å²) in [4.78, 5) is 24.1. The SMILES string of the molecule is COc1cc(C(=O)NC(C)c2ccc(-c3ccccc3)cc2)c([N+](=O)[O-])c(OC)c1OC. The highest BCUT2D eigenvalue weighted by molar-refractivity contribution is 6.00. The van der Waals surface area contributed by atoms with E-state index in [1.165, 1.54) is 27.4 Å². The van der Waals surface area contributed by atoms with Crippen LogP contribution >= 0.6 is 0 Å². The van der Waals surface area contributed by atoms with Crippen molar-refractivity contribution < 1.29 is 23.9 Å². The molecule has 1 N–H and O–H groups in total. The van der Waals surface area contributed by atoms with E-state index >= 15 is 0 Å². The van der Waals surface area contributed by atoms with E-state index in [0.717, 1.165) is 16.7 Å². The van der Waals surface area contributed by atoms with Gasteiger partial charge in [-0.05, 0) is 23.6 Å². The molecule has 3 rings (SSSR count). The van der Waals surface area contributed by atoms with Gasteiger partial charge in [0.25, 0.3) is 5.91 Å². The minimum atomic E-state index is -0.672. The van der Waals surface area contributed by atoms with E-state index in [0.29, 0.717) is 0 Å². The van der Waals surface area contributed by atoms with E-state index in [4.69, 9.17) is 14.2 Å². The molecule has 1 amide bonds. The van der Waals surface area contributed by atoms with Crippen LogP contribution in [0.1, 0.15) is 28.9 Å². The fourth-order valence-electron chi connectivity index (χ4n) is 3.45. The summed E-state index contributed by atoms with van der Waals surface area (Å²) in [6.45, 7) is 1.80. The molecule has 0 saturated heterocycles. The Morgan fingerprint density at radius 3 is 2.03 bits per heavy atom. The van der Waals surface area contributed by atoms with Crippen LogP contribution in [0.3, 0.4) is 0 Å². The number of methoxy groups -OCH3 is 3. The molecule has 0 aliphatic heterocycles. The quantitative estimate of drug-likeness (QED) is 0.403. The van der Waals surface area contributed by atoms with Crippen LogP contribution in [0, 0.1) is 10.1 Å². The number of carbonyl (C=O) groups is 1. The van der Waals surface area contributed by atoms with Gasteiger partial charge >= 0.3 is 5.69 Å². The van der Waals surface area contributed by atoms with Crippen LogP contribution in [-0.4, -0.2) is 32.2 Å². The highest BCUT2D eigenvalue weighted by Crippen LogP contribution is 2.46. The molecular weight excluding hydrogens is 412 g/mol. The van der Waals surface area contributed by atoms with Gasteiger partial charge in [-0.15, -0.1) is 0 Å². The maximum Gasteiger partial charge on any atom is 0.327 e. The van der Waals surface area contributed by atoms with E-state index in [-0.39, 0.29) is 22.8 Å². The highest BCUT2D eigenvalue weighted by Gasteiger charge is 2.32. The van der Waals surface area contributed by atoms with Crippen LogP contribution in [0.5, 0.6) is 17.2 Å². The van der Waals surface area contributed by atoms with Crippen LogP contribution < -0.4 is 19.5 Å². The number of hydrogen-bond acceptors (Lipinski definition) is 6. The number of nitrogens with one attached hydrogen (secondary N) is 1. The second-order valence-electron chi connectivity index (χ2n) is 6.98. The zero-order valence-corrected chi connectivity index (χ0v) is 18.2. The molecule has 0 fully saturated rings. The minimum absolute atomic E-state index is 0.0443. The van der Waals surface area contributed by atoms with Crippen LogP contribution in [0.4, 0.5) is 5.69 Å². The summed E-state index contributed by atoms with van der Waals surface area (Å²) >= 11 is 0. The first-order valence-electron chi connectivity index (χ1n) is 9.84. The zero-order chi connectivity index (χ0) is 23.3. The molecule has 3 aromatic carbocycles. The lowest BCUT2D eigenvalue weighted by atomic mass is 10.0. The molecule has 1 atom stereocenters. The zero-order valence-electron chi connectivity index (χ0n) is 18.2. The monoisotopic (exact) mass is 436 g/mol. The molecule has 32 heavy (non-hydrogen) atoms. The summed E-state index contributed by atoms with van der Waals surface area (Å²) in [6, 6.07) is 18.6. The maximum atomic E-state index is 13.0. The summed E-state index contributed by atoms with van der Waals surface area (Å²) < 4.78 is 15.6. The minimum Gasteiger partial charge on any atom is -0.493 e. The molecule has 0 aliphatic carbocycles. The molecule has 1 unspecified atom stereocenters. The van der Waals surface area contributed by atoms with Crippen molar-refractivity contribution in [3.8, 4) is 28.4 Å². The van der Waals surface area contributed by atoms with E-state index < -0.39 is 22.6 Å². The third-order valence-corrected chi connectivity index (χ3v) is 5.10. The van der Waals surface area contributed by atoms with Crippen molar-refractivity contribution >= 4 is 11.6 Å². The first-order chi connectivity index (χ1) is 15.4. The molecule has 3 aromatic rings. The summed E-state index contributed by atoms with van der Waals surface area (Å²) in [7, 11) is 3.98. The molecule has 0 heterocycles. The Morgan fingerprint density at radius 1 is 0.906 bits per heavy atom. The molecule has 0 radical (unpaired) electrons. The number of ether oxygens (including phenoxy) is 3. The molecule has 0 aliphatic rings. The molecule has 8 heteroatoms. The first-order valence-corrected chi connectivity index (χ1v) is 9.84. The number of carbonyl (C=O) groups excluding carboxylic acids is 1. The smallest absolute Gasteiger partial charge is 0.327 e. The first kappa shape index (κ1) is 22.6. The van der Waals surface area contributed by atoms with Gasteiger partial charge in [-0.3, -0.25) is 14.9 Å². The predicted octanol–water partition coefficient (Wildman–Crippen LogP) is 4.78. The summed E-state index contributed by atoms with van der Waals surface area (Å²) in [5, 5.41) is 14.6. The van der Waals surface area contributed by atoms with Crippen molar-refractivity contribution in [2.75, 3.05) is 21.3 Å². The Bertz CT molecular complexity index is 1110. The van der Waals surface area contributed by atoms with E-state index in [9.17, 15) is 14.9 Å². The summed E-state index contributed by atoms with van der Waals surface area (Å²) in [6.07, 6.45) is 0. The number of amides is 1. The van der Waals surface area contributed by atoms with Crippen molar-refractivity contribution in [1.29, 1.82) is 0 Å². The lowest BCUT2D eigenvalue weighted by Crippen LogP contribution is -2.27. The van der Waals surface area contributed by atoms with Gasteiger partial charge in [0.2, 0.25) is 11.5 Å². The number of benzene rings is 3. The molecule has 0 bridgehead atoms. The summed E-state index contributed by atoms with van der Waals surface area (Å²) in [5.74, 6) is -0.611. The largest absolute Gasteiger partial charge is 0.493 e. The van der Waals surface area contributed by atoms with Crippen molar-refractivity contribution in [3.05, 3.63) is 81.9 Å². The fourth-order valence-corrected chi connectivity index (χ4v) is 3.45. The van der Waals surface area contributed by atoms with Crippen molar-refractivity contribution in [1.82, 2.24) is 5.32 Å². The Kier molecular flexibility index (Phi) is 6.94. The molecular formula is C24H24N2O6.